The molecule has 5 aromatic rings. The van der Waals surface area contributed by atoms with Gasteiger partial charge in [-0.25, -0.2) is 0 Å². The zero-order valence-corrected chi connectivity index (χ0v) is 17.9. The molecule has 0 saturated heterocycles. The number of nitrogens with one attached hydrogen (secondary N) is 1. The summed E-state index contributed by atoms with van der Waals surface area (Å²) in [5, 5.41) is 10.3. The monoisotopic (exact) mass is 436 g/mol. The quantitative estimate of drug-likeness (QED) is 0.358. The number of benzene rings is 2. The number of amides is 1. The van der Waals surface area contributed by atoms with Crippen LogP contribution in [0.2, 0.25) is 0 Å². The van der Waals surface area contributed by atoms with E-state index in [1.165, 1.54) is 23.6 Å². The number of carbonyl (C=O) groups excluding carboxylic acids is 1. The number of aromatic nitrogens is 3. The predicted molar refractivity (Wildman–Crippen MR) is 124 cm³/mol. The van der Waals surface area contributed by atoms with Crippen LogP contribution in [0.5, 0.6) is 0 Å². The number of hydrogen-bond acceptors (Lipinski definition) is 6. The summed E-state index contributed by atoms with van der Waals surface area (Å²) in [6.07, 6.45) is 5.74. The molecule has 0 radical (unpaired) electrons. The SMILES string of the molecule is CCc1ccc(-c2ccc(-c3cncc(C(=O)Nc4nnc(-c5ccco5)o4)c3)cc2)cc1. The molecule has 0 aliphatic rings. The van der Waals surface area contributed by atoms with Crippen molar-refractivity contribution < 1.29 is 13.6 Å². The van der Waals surface area contributed by atoms with E-state index in [1.807, 2.05) is 12.1 Å². The van der Waals surface area contributed by atoms with Crippen LogP contribution in [-0.2, 0) is 6.42 Å². The molecule has 1 N–H and O–H groups in total. The van der Waals surface area contributed by atoms with Gasteiger partial charge in [-0.05, 0) is 46.9 Å². The summed E-state index contributed by atoms with van der Waals surface area (Å²) in [7, 11) is 0. The van der Waals surface area contributed by atoms with Gasteiger partial charge in [0.1, 0.15) is 0 Å². The molecule has 0 aliphatic carbocycles. The van der Waals surface area contributed by atoms with E-state index < -0.39 is 5.91 Å². The van der Waals surface area contributed by atoms with E-state index in [0.717, 1.165) is 23.1 Å². The van der Waals surface area contributed by atoms with E-state index in [4.69, 9.17) is 8.83 Å². The predicted octanol–water partition coefficient (Wildman–Crippen LogP) is 5.87. The first-order valence-corrected chi connectivity index (χ1v) is 10.5. The Morgan fingerprint density at radius 3 is 2.24 bits per heavy atom. The van der Waals surface area contributed by atoms with Crippen molar-refractivity contribution in [2.75, 3.05) is 5.32 Å². The fourth-order valence-corrected chi connectivity index (χ4v) is 3.45. The largest absolute Gasteiger partial charge is 0.459 e. The van der Waals surface area contributed by atoms with Crippen molar-refractivity contribution in [1.29, 1.82) is 0 Å². The lowest BCUT2D eigenvalue weighted by atomic mass is 9.99. The highest BCUT2D eigenvalue weighted by molar-refractivity contribution is 6.03. The second kappa shape index (κ2) is 8.92. The Morgan fingerprint density at radius 2 is 1.58 bits per heavy atom. The molecule has 3 heterocycles. The maximum Gasteiger partial charge on any atom is 0.322 e. The highest BCUT2D eigenvalue weighted by atomic mass is 16.4. The summed E-state index contributed by atoms with van der Waals surface area (Å²) in [5.41, 5.74) is 5.78. The van der Waals surface area contributed by atoms with Crippen LogP contribution in [0.1, 0.15) is 22.8 Å². The molecule has 0 aliphatic heterocycles. The third kappa shape index (κ3) is 4.43. The van der Waals surface area contributed by atoms with E-state index in [9.17, 15) is 4.79 Å². The second-order valence-electron chi connectivity index (χ2n) is 7.43. The third-order valence-electron chi connectivity index (χ3n) is 5.29. The van der Waals surface area contributed by atoms with E-state index >= 15 is 0 Å². The van der Waals surface area contributed by atoms with E-state index in [2.05, 4.69) is 63.8 Å². The fourth-order valence-electron chi connectivity index (χ4n) is 3.45. The number of hydrogen-bond donors (Lipinski definition) is 1. The molecule has 2 aromatic carbocycles. The molecule has 0 bridgehead atoms. The van der Waals surface area contributed by atoms with Gasteiger partial charge in [0.2, 0.25) is 0 Å². The summed E-state index contributed by atoms with van der Waals surface area (Å²) in [6.45, 7) is 2.15. The molecule has 0 fully saturated rings. The first kappa shape index (κ1) is 20.4. The molecule has 0 unspecified atom stereocenters. The first-order chi connectivity index (χ1) is 16.2. The average molecular weight is 436 g/mol. The van der Waals surface area contributed by atoms with Gasteiger partial charge in [-0.1, -0.05) is 60.6 Å². The standard InChI is InChI=1S/C26H20N4O3/c1-2-17-5-7-18(8-6-17)19-9-11-20(12-10-19)21-14-22(16-27-15-21)24(31)28-26-30-29-25(33-26)23-4-3-13-32-23/h3-16H,2H2,1H3,(H,28,30,31). The molecule has 162 valence electrons. The van der Waals surface area contributed by atoms with Crippen molar-refractivity contribution >= 4 is 11.9 Å². The van der Waals surface area contributed by atoms with Crippen LogP contribution < -0.4 is 5.32 Å². The molecule has 7 nitrogen and oxygen atoms in total. The van der Waals surface area contributed by atoms with Gasteiger partial charge < -0.3 is 8.83 Å². The Bertz CT molecular complexity index is 1370. The van der Waals surface area contributed by atoms with Crippen molar-refractivity contribution in [2.45, 2.75) is 13.3 Å². The molecule has 0 saturated carbocycles. The Morgan fingerprint density at radius 1 is 0.879 bits per heavy atom. The van der Waals surface area contributed by atoms with Crippen molar-refractivity contribution in [3.05, 3.63) is 96.5 Å². The summed E-state index contributed by atoms with van der Waals surface area (Å²) in [5.74, 6) is 0.217. The molecule has 33 heavy (non-hydrogen) atoms. The first-order valence-electron chi connectivity index (χ1n) is 10.5. The Kier molecular flexibility index (Phi) is 5.51. The molecule has 0 spiro atoms. The van der Waals surface area contributed by atoms with Gasteiger partial charge in [-0.15, -0.1) is 5.10 Å². The molecule has 7 heteroatoms. The van der Waals surface area contributed by atoms with E-state index in [-0.39, 0.29) is 11.9 Å². The number of pyridine rings is 1. The van der Waals surface area contributed by atoms with Crippen LogP contribution in [0.3, 0.4) is 0 Å². The highest BCUT2D eigenvalue weighted by Crippen LogP contribution is 2.26. The zero-order chi connectivity index (χ0) is 22.6. The molecule has 3 aromatic heterocycles. The van der Waals surface area contributed by atoms with Crippen LogP contribution >= 0.6 is 0 Å². The van der Waals surface area contributed by atoms with Gasteiger partial charge in [0, 0.05) is 18.0 Å². The fraction of sp³-hybridized carbons (Fsp3) is 0.0769. The van der Waals surface area contributed by atoms with Gasteiger partial charge in [0.25, 0.3) is 11.8 Å². The number of furan rings is 1. The summed E-state index contributed by atoms with van der Waals surface area (Å²) in [6, 6.07) is 21.9. The normalized spacial score (nSPS) is 10.8. The third-order valence-corrected chi connectivity index (χ3v) is 5.29. The van der Waals surface area contributed by atoms with Crippen molar-refractivity contribution in [3.8, 4) is 33.9 Å². The van der Waals surface area contributed by atoms with Crippen LogP contribution in [0, 0.1) is 0 Å². The Hall–Kier alpha value is -4.52. The molecule has 1 amide bonds. The lowest BCUT2D eigenvalue weighted by Crippen LogP contribution is -2.12. The maximum absolute atomic E-state index is 12.7. The summed E-state index contributed by atoms with van der Waals surface area (Å²) < 4.78 is 10.7. The molecule has 5 rings (SSSR count). The van der Waals surface area contributed by atoms with Crippen molar-refractivity contribution in [3.63, 3.8) is 0 Å². The number of nitrogens with zero attached hydrogens (tertiary/aromatic N) is 3. The lowest BCUT2D eigenvalue weighted by molar-refractivity contribution is 0.102. The van der Waals surface area contributed by atoms with Crippen LogP contribution in [0.25, 0.3) is 33.9 Å². The second-order valence-corrected chi connectivity index (χ2v) is 7.43. The van der Waals surface area contributed by atoms with Gasteiger partial charge >= 0.3 is 6.01 Å². The highest BCUT2D eigenvalue weighted by Gasteiger charge is 2.15. The van der Waals surface area contributed by atoms with E-state index in [0.29, 0.717) is 11.3 Å². The van der Waals surface area contributed by atoms with Crippen molar-refractivity contribution in [1.82, 2.24) is 15.2 Å². The van der Waals surface area contributed by atoms with Crippen LogP contribution in [0.4, 0.5) is 6.01 Å². The number of rotatable bonds is 6. The number of aryl methyl sites for hydroxylation is 1. The van der Waals surface area contributed by atoms with Crippen LogP contribution in [0.15, 0.2) is 94.2 Å². The Labute approximate surface area is 190 Å². The van der Waals surface area contributed by atoms with Gasteiger partial charge in [0.05, 0.1) is 11.8 Å². The lowest BCUT2D eigenvalue weighted by Gasteiger charge is -2.07. The van der Waals surface area contributed by atoms with Gasteiger partial charge in [0.15, 0.2) is 5.76 Å². The van der Waals surface area contributed by atoms with E-state index in [1.54, 1.807) is 24.4 Å². The minimum atomic E-state index is -0.397. The van der Waals surface area contributed by atoms with Crippen LogP contribution in [-0.4, -0.2) is 21.1 Å². The molecular weight excluding hydrogens is 416 g/mol. The number of carbonyl (C=O) groups is 1. The minimum Gasteiger partial charge on any atom is -0.459 e. The average Bonchev–Trinajstić information content (AvgIpc) is 3.57. The summed E-state index contributed by atoms with van der Waals surface area (Å²) >= 11 is 0. The summed E-state index contributed by atoms with van der Waals surface area (Å²) in [4.78, 5) is 16.9. The zero-order valence-electron chi connectivity index (χ0n) is 17.9. The number of anilines is 1. The minimum absolute atomic E-state index is 0.0183. The Balaban J connectivity index is 1.31. The maximum atomic E-state index is 12.7. The smallest absolute Gasteiger partial charge is 0.322 e. The topological polar surface area (TPSA) is 94.1 Å². The van der Waals surface area contributed by atoms with Crippen molar-refractivity contribution in [2.24, 2.45) is 0 Å². The van der Waals surface area contributed by atoms with Gasteiger partial charge in [-0.2, -0.15) is 0 Å². The van der Waals surface area contributed by atoms with Gasteiger partial charge in [-0.3, -0.25) is 15.1 Å². The molecular formula is C26H20N4O3. The molecule has 0 atom stereocenters.